The average Bonchev–Trinajstić information content (AvgIpc) is 3.21. The van der Waals surface area contributed by atoms with Gasteiger partial charge in [0.2, 0.25) is 0 Å². The third kappa shape index (κ3) is 4.79. The van der Waals surface area contributed by atoms with E-state index < -0.39 is 5.97 Å². The average molecular weight is 445 g/mol. The minimum absolute atomic E-state index is 0.0451. The van der Waals surface area contributed by atoms with Crippen molar-refractivity contribution in [3.05, 3.63) is 89.3 Å². The number of benzene rings is 3. The van der Waals surface area contributed by atoms with E-state index in [2.05, 4.69) is 5.32 Å². The van der Waals surface area contributed by atoms with Crippen LogP contribution in [0.3, 0.4) is 0 Å². The maximum atomic E-state index is 13.0. The number of carboxylic acids is 1. The molecule has 0 aliphatic rings. The summed E-state index contributed by atoms with van der Waals surface area (Å²) in [4.78, 5) is 25.5. The number of phenolic OH excluding ortho intramolecular Hbond substituents is 2. The number of rotatable bonds is 6. The van der Waals surface area contributed by atoms with Crippen molar-refractivity contribution in [1.82, 2.24) is 0 Å². The Hall–Kier alpha value is -4.10. The van der Waals surface area contributed by atoms with E-state index in [0.717, 1.165) is 15.3 Å². The van der Waals surface area contributed by atoms with Crippen LogP contribution in [0.1, 0.15) is 15.2 Å². The van der Waals surface area contributed by atoms with E-state index in [-0.39, 0.29) is 23.8 Å². The summed E-state index contributed by atoms with van der Waals surface area (Å²) in [7, 11) is 0. The molecular formula is C25H19NO5S. The molecule has 0 aliphatic heterocycles. The number of anilines is 1. The molecule has 0 fully saturated rings. The molecule has 0 unspecified atom stereocenters. The molecule has 160 valence electrons. The molecule has 0 spiro atoms. The van der Waals surface area contributed by atoms with Gasteiger partial charge >= 0.3 is 5.97 Å². The second-order valence-electron chi connectivity index (χ2n) is 7.16. The maximum Gasteiger partial charge on any atom is 0.308 e. The molecule has 4 aromatic rings. The highest BCUT2D eigenvalue weighted by molar-refractivity contribution is 7.15. The topological polar surface area (TPSA) is 107 Å². The highest BCUT2D eigenvalue weighted by Crippen LogP contribution is 2.34. The van der Waals surface area contributed by atoms with Gasteiger partial charge < -0.3 is 20.6 Å². The lowest BCUT2D eigenvalue weighted by Crippen LogP contribution is -2.12. The number of hydrogen-bond acceptors (Lipinski definition) is 5. The number of carbonyl (C=O) groups is 2. The van der Waals surface area contributed by atoms with Gasteiger partial charge in [0, 0.05) is 32.6 Å². The molecule has 1 amide bonds. The zero-order valence-electron chi connectivity index (χ0n) is 16.8. The van der Waals surface area contributed by atoms with Crippen molar-refractivity contribution < 1.29 is 24.9 Å². The first-order valence-electron chi connectivity index (χ1n) is 9.74. The van der Waals surface area contributed by atoms with Gasteiger partial charge in [-0.25, -0.2) is 0 Å². The molecule has 7 heteroatoms. The molecular weight excluding hydrogens is 426 g/mol. The fourth-order valence-corrected chi connectivity index (χ4v) is 4.41. The Morgan fingerprint density at radius 1 is 0.812 bits per heavy atom. The number of hydrogen-bond donors (Lipinski definition) is 4. The molecule has 1 heterocycles. The number of nitrogens with one attached hydrogen (secondary N) is 1. The van der Waals surface area contributed by atoms with Gasteiger partial charge in [-0.3, -0.25) is 9.59 Å². The number of aromatic hydroxyl groups is 2. The number of carbonyl (C=O) groups excluding carboxylic acids is 1. The van der Waals surface area contributed by atoms with Crippen LogP contribution in [0, 0.1) is 0 Å². The lowest BCUT2D eigenvalue weighted by atomic mass is 10.0. The zero-order chi connectivity index (χ0) is 22.7. The van der Waals surface area contributed by atoms with E-state index in [4.69, 9.17) is 5.11 Å². The Morgan fingerprint density at radius 2 is 1.56 bits per heavy atom. The van der Waals surface area contributed by atoms with E-state index in [1.807, 2.05) is 24.3 Å². The first kappa shape index (κ1) is 21.1. The van der Waals surface area contributed by atoms with Crippen LogP contribution < -0.4 is 5.32 Å². The summed E-state index contributed by atoms with van der Waals surface area (Å²) in [6.07, 6.45) is -0.0451. The van der Waals surface area contributed by atoms with Gasteiger partial charge in [0.15, 0.2) is 0 Å². The fourth-order valence-electron chi connectivity index (χ4n) is 3.37. The minimum Gasteiger partial charge on any atom is -0.508 e. The number of phenols is 2. The van der Waals surface area contributed by atoms with Crippen LogP contribution in [0.4, 0.5) is 5.69 Å². The second kappa shape index (κ2) is 8.95. The number of amides is 1. The first-order chi connectivity index (χ1) is 15.4. The van der Waals surface area contributed by atoms with Crippen LogP contribution in [0.15, 0.2) is 78.9 Å². The monoisotopic (exact) mass is 445 g/mol. The predicted octanol–water partition coefficient (Wildman–Crippen LogP) is 5.37. The van der Waals surface area contributed by atoms with Crippen molar-refractivity contribution in [2.45, 2.75) is 6.42 Å². The van der Waals surface area contributed by atoms with Gasteiger partial charge in [0.05, 0.1) is 6.42 Å². The second-order valence-corrected chi connectivity index (χ2v) is 8.32. The van der Waals surface area contributed by atoms with Crippen molar-refractivity contribution in [3.63, 3.8) is 0 Å². The smallest absolute Gasteiger partial charge is 0.308 e. The summed E-state index contributed by atoms with van der Waals surface area (Å²) in [5.41, 5.74) is 3.09. The van der Waals surface area contributed by atoms with Crippen LogP contribution in [-0.4, -0.2) is 27.2 Å². The molecule has 1 aromatic heterocycles. The Morgan fingerprint density at radius 3 is 2.31 bits per heavy atom. The molecule has 4 rings (SSSR count). The van der Waals surface area contributed by atoms with E-state index in [0.29, 0.717) is 22.4 Å². The van der Waals surface area contributed by atoms with Crippen LogP contribution in [-0.2, 0) is 11.2 Å². The van der Waals surface area contributed by atoms with Crippen molar-refractivity contribution >= 4 is 28.9 Å². The molecule has 3 aromatic carbocycles. The Balaban J connectivity index is 1.60. The minimum atomic E-state index is -0.889. The van der Waals surface area contributed by atoms with Crippen LogP contribution in [0.25, 0.3) is 21.6 Å². The summed E-state index contributed by atoms with van der Waals surface area (Å²) >= 11 is 1.37. The molecule has 0 saturated heterocycles. The Kier molecular flexibility index (Phi) is 5.91. The van der Waals surface area contributed by atoms with E-state index in [9.17, 15) is 19.8 Å². The number of carboxylic acid groups (broad SMARTS) is 1. The van der Waals surface area contributed by atoms with Crippen molar-refractivity contribution in [2.75, 3.05) is 5.32 Å². The largest absolute Gasteiger partial charge is 0.508 e. The third-order valence-electron chi connectivity index (χ3n) is 4.79. The van der Waals surface area contributed by atoms with E-state index in [1.54, 1.807) is 36.4 Å². The molecule has 0 radical (unpaired) electrons. The highest BCUT2D eigenvalue weighted by atomic mass is 32.1. The van der Waals surface area contributed by atoms with Gasteiger partial charge in [-0.05, 0) is 53.6 Å². The summed E-state index contributed by atoms with van der Waals surface area (Å²) < 4.78 is 0. The standard InChI is InChI=1S/C25H19NO5S/c27-18-11-17(12-19(28)13-18)15-4-3-5-16(10-15)25(31)26-22-7-2-1-6-21(22)23-9-8-20(32-23)14-24(29)30/h1-13,27-28H,14H2,(H,26,31)(H,29,30). The summed E-state index contributed by atoms with van der Waals surface area (Å²) in [5, 5.41) is 31.4. The highest BCUT2D eigenvalue weighted by Gasteiger charge is 2.14. The zero-order valence-corrected chi connectivity index (χ0v) is 17.6. The van der Waals surface area contributed by atoms with Gasteiger partial charge in [-0.2, -0.15) is 0 Å². The van der Waals surface area contributed by atoms with Crippen molar-refractivity contribution in [1.29, 1.82) is 0 Å². The van der Waals surface area contributed by atoms with Gasteiger partial charge in [0.1, 0.15) is 11.5 Å². The van der Waals surface area contributed by atoms with Gasteiger partial charge in [-0.15, -0.1) is 11.3 Å². The van der Waals surface area contributed by atoms with E-state index in [1.165, 1.54) is 29.5 Å². The lowest BCUT2D eigenvalue weighted by Gasteiger charge is -2.11. The Bertz CT molecular complexity index is 1290. The fraction of sp³-hybridized carbons (Fsp3) is 0.0400. The molecule has 0 saturated carbocycles. The third-order valence-corrected chi connectivity index (χ3v) is 5.91. The summed E-state index contributed by atoms with van der Waals surface area (Å²) in [6.45, 7) is 0. The molecule has 0 aliphatic carbocycles. The van der Waals surface area contributed by atoms with Crippen molar-refractivity contribution in [3.8, 4) is 33.1 Å². The first-order valence-corrected chi connectivity index (χ1v) is 10.6. The normalized spacial score (nSPS) is 10.6. The molecule has 6 nitrogen and oxygen atoms in total. The van der Waals surface area contributed by atoms with Gasteiger partial charge in [-0.1, -0.05) is 30.3 Å². The SMILES string of the molecule is O=C(O)Cc1ccc(-c2ccccc2NC(=O)c2cccc(-c3cc(O)cc(O)c3)c2)s1. The number of thiophene rings is 1. The molecule has 4 N–H and O–H groups in total. The van der Waals surface area contributed by atoms with Gasteiger partial charge in [0.25, 0.3) is 5.91 Å². The lowest BCUT2D eigenvalue weighted by molar-refractivity contribution is -0.136. The quantitative estimate of drug-likeness (QED) is 0.319. The van der Waals surface area contributed by atoms with Crippen molar-refractivity contribution in [2.24, 2.45) is 0 Å². The Labute approximate surface area is 188 Å². The molecule has 0 atom stereocenters. The number of aliphatic carboxylic acids is 1. The van der Waals surface area contributed by atoms with E-state index >= 15 is 0 Å². The van der Waals surface area contributed by atoms with Crippen LogP contribution >= 0.6 is 11.3 Å². The molecule has 32 heavy (non-hydrogen) atoms. The maximum absolute atomic E-state index is 13.0. The number of para-hydroxylation sites is 1. The van der Waals surface area contributed by atoms with Crippen LogP contribution in [0.2, 0.25) is 0 Å². The summed E-state index contributed by atoms with van der Waals surface area (Å²) in [6, 6.07) is 22.1. The predicted molar refractivity (Wildman–Crippen MR) is 124 cm³/mol. The van der Waals surface area contributed by atoms with Crippen LogP contribution in [0.5, 0.6) is 11.5 Å². The summed E-state index contributed by atoms with van der Waals surface area (Å²) in [5.74, 6) is -1.34. The molecule has 0 bridgehead atoms.